The molecule has 0 radical (unpaired) electrons. The number of aryl methyl sites for hydroxylation is 1. The standard InChI is InChI=1S/C16H15NO6/c1-8-4-11(18)15(20)16(23-8)10(6-14(17)19)9-2-3-12-13(5-9)22-7-21-12/h2-5,10,20H,6-7H2,1H3,(H2,17,19). The number of nitrogens with two attached hydrogens (primary N) is 1. The van der Waals surface area contributed by atoms with Crippen molar-refractivity contribution in [3.63, 3.8) is 0 Å². The minimum Gasteiger partial charge on any atom is -0.502 e. The van der Waals surface area contributed by atoms with Gasteiger partial charge in [-0.2, -0.15) is 0 Å². The van der Waals surface area contributed by atoms with E-state index in [1.807, 2.05) is 0 Å². The van der Waals surface area contributed by atoms with E-state index in [4.69, 9.17) is 19.6 Å². The van der Waals surface area contributed by atoms with Crippen LogP contribution in [0.3, 0.4) is 0 Å². The Morgan fingerprint density at radius 1 is 1.30 bits per heavy atom. The molecule has 0 bridgehead atoms. The van der Waals surface area contributed by atoms with Gasteiger partial charge in [-0.3, -0.25) is 9.59 Å². The highest BCUT2D eigenvalue weighted by Crippen LogP contribution is 2.39. The van der Waals surface area contributed by atoms with Crippen LogP contribution < -0.4 is 20.6 Å². The lowest BCUT2D eigenvalue weighted by atomic mass is 9.91. The number of ether oxygens (including phenoxy) is 2. The maximum Gasteiger partial charge on any atom is 0.231 e. The largest absolute Gasteiger partial charge is 0.502 e. The van der Waals surface area contributed by atoms with Gasteiger partial charge in [0, 0.05) is 12.5 Å². The van der Waals surface area contributed by atoms with Crippen LogP contribution in [0.5, 0.6) is 17.2 Å². The number of amides is 1. The molecule has 1 aromatic heterocycles. The summed E-state index contributed by atoms with van der Waals surface area (Å²) in [6.45, 7) is 1.70. The fourth-order valence-corrected chi connectivity index (χ4v) is 2.55. The normalized spacial score (nSPS) is 13.8. The Labute approximate surface area is 131 Å². The average molecular weight is 317 g/mol. The number of benzene rings is 1. The molecule has 1 unspecified atom stereocenters. The summed E-state index contributed by atoms with van der Waals surface area (Å²) in [6, 6.07) is 6.26. The molecule has 1 aliphatic rings. The van der Waals surface area contributed by atoms with Gasteiger partial charge >= 0.3 is 0 Å². The fraction of sp³-hybridized carbons (Fsp3) is 0.250. The van der Waals surface area contributed by atoms with E-state index in [9.17, 15) is 14.7 Å². The molecule has 1 atom stereocenters. The van der Waals surface area contributed by atoms with E-state index in [-0.39, 0.29) is 19.0 Å². The highest BCUT2D eigenvalue weighted by atomic mass is 16.7. The summed E-state index contributed by atoms with van der Waals surface area (Å²) >= 11 is 0. The van der Waals surface area contributed by atoms with Gasteiger partial charge in [-0.05, 0) is 24.6 Å². The first kappa shape index (κ1) is 15.0. The number of carbonyl (C=O) groups is 1. The molecule has 0 spiro atoms. The number of hydrogen-bond donors (Lipinski definition) is 2. The lowest BCUT2D eigenvalue weighted by molar-refractivity contribution is -0.118. The third-order valence-electron chi connectivity index (χ3n) is 3.59. The Kier molecular flexibility index (Phi) is 3.69. The van der Waals surface area contributed by atoms with E-state index in [0.29, 0.717) is 22.8 Å². The predicted molar refractivity (Wildman–Crippen MR) is 79.6 cm³/mol. The second-order valence-corrected chi connectivity index (χ2v) is 5.27. The van der Waals surface area contributed by atoms with E-state index >= 15 is 0 Å². The van der Waals surface area contributed by atoms with Crippen molar-refractivity contribution in [3.05, 3.63) is 51.6 Å². The van der Waals surface area contributed by atoms with Crippen molar-refractivity contribution < 1.29 is 23.8 Å². The minimum absolute atomic E-state index is 0.00710. The van der Waals surface area contributed by atoms with Crippen LogP contribution >= 0.6 is 0 Å². The van der Waals surface area contributed by atoms with Gasteiger partial charge in [0.05, 0.1) is 5.92 Å². The molecule has 3 rings (SSSR count). The Bertz CT molecular complexity index is 826. The molecular weight excluding hydrogens is 302 g/mol. The lowest BCUT2D eigenvalue weighted by Crippen LogP contribution is -2.17. The summed E-state index contributed by atoms with van der Waals surface area (Å²) in [4.78, 5) is 23.2. The second kappa shape index (κ2) is 5.68. The minimum atomic E-state index is -0.699. The van der Waals surface area contributed by atoms with E-state index in [0.717, 1.165) is 0 Å². The Morgan fingerprint density at radius 3 is 2.78 bits per heavy atom. The summed E-state index contributed by atoms with van der Waals surface area (Å²) in [5.41, 5.74) is 5.36. The quantitative estimate of drug-likeness (QED) is 0.881. The molecule has 0 fully saturated rings. The van der Waals surface area contributed by atoms with Gasteiger partial charge in [-0.1, -0.05) is 6.07 Å². The molecule has 0 saturated heterocycles. The van der Waals surface area contributed by atoms with Crippen LogP contribution in [0.2, 0.25) is 0 Å². The zero-order valence-corrected chi connectivity index (χ0v) is 12.4. The van der Waals surface area contributed by atoms with Crippen molar-refractivity contribution >= 4 is 5.91 Å². The molecule has 3 N–H and O–H groups in total. The molecule has 1 aromatic carbocycles. The molecule has 7 nitrogen and oxygen atoms in total. The van der Waals surface area contributed by atoms with E-state index in [1.165, 1.54) is 6.07 Å². The van der Waals surface area contributed by atoms with Gasteiger partial charge in [0.2, 0.25) is 23.9 Å². The molecular formula is C16H15NO6. The number of primary amides is 1. The number of aromatic hydroxyl groups is 1. The number of fused-ring (bicyclic) bond motifs is 1. The smallest absolute Gasteiger partial charge is 0.231 e. The monoisotopic (exact) mass is 317 g/mol. The summed E-state index contributed by atoms with van der Waals surface area (Å²) in [5.74, 6) is -0.371. The summed E-state index contributed by atoms with van der Waals surface area (Å²) < 4.78 is 16.1. The summed E-state index contributed by atoms with van der Waals surface area (Å²) in [5, 5.41) is 10.0. The number of carbonyl (C=O) groups excluding carboxylic acids is 1. The Balaban J connectivity index is 2.12. The zero-order chi connectivity index (χ0) is 16.6. The SMILES string of the molecule is Cc1cc(=O)c(O)c(C(CC(N)=O)c2ccc3c(c2)OCO3)o1. The third kappa shape index (κ3) is 2.85. The third-order valence-corrected chi connectivity index (χ3v) is 3.59. The summed E-state index contributed by atoms with van der Waals surface area (Å²) in [6.07, 6.45) is -0.125. The maximum atomic E-state index is 11.8. The zero-order valence-electron chi connectivity index (χ0n) is 12.4. The molecule has 0 aliphatic carbocycles. The number of hydrogen-bond acceptors (Lipinski definition) is 6. The first-order chi connectivity index (χ1) is 11.0. The van der Waals surface area contributed by atoms with Gasteiger partial charge < -0.3 is 24.7 Å². The van der Waals surface area contributed by atoms with Gasteiger partial charge in [0.1, 0.15) is 5.76 Å². The molecule has 2 aromatic rings. The molecule has 0 saturated carbocycles. The van der Waals surface area contributed by atoms with Gasteiger partial charge in [0.15, 0.2) is 17.3 Å². The van der Waals surface area contributed by atoms with E-state index in [2.05, 4.69) is 0 Å². The van der Waals surface area contributed by atoms with Crippen molar-refractivity contribution in [3.8, 4) is 17.2 Å². The van der Waals surface area contributed by atoms with Crippen molar-refractivity contribution in [2.75, 3.05) is 6.79 Å². The van der Waals surface area contributed by atoms with Gasteiger partial charge in [-0.25, -0.2) is 0 Å². The maximum absolute atomic E-state index is 11.8. The topological polar surface area (TPSA) is 112 Å². The van der Waals surface area contributed by atoms with Crippen LogP contribution in [0.25, 0.3) is 0 Å². The van der Waals surface area contributed by atoms with E-state index < -0.39 is 23.0 Å². The Morgan fingerprint density at radius 2 is 2.04 bits per heavy atom. The summed E-state index contributed by atoms with van der Waals surface area (Å²) in [7, 11) is 0. The van der Waals surface area contributed by atoms with Crippen LogP contribution in [0.15, 0.2) is 33.5 Å². The first-order valence-corrected chi connectivity index (χ1v) is 6.97. The first-order valence-electron chi connectivity index (χ1n) is 6.97. The highest BCUT2D eigenvalue weighted by molar-refractivity contribution is 5.75. The number of rotatable bonds is 4. The van der Waals surface area contributed by atoms with Crippen LogP contribution in [0.1, 0.15) is 29.4 Å². The lowest BCUT2D eigenvalue weighted by Gasteiger charge is -2.17. The van der Waals surface area contributed by atoms with Crippen LogP contribution in [-0.2, 0) is 4.79 Å². The Hall–Kier alpha value is -2.96. The molecule has 7 heteroatoms. The molecule has 2 heterocycles. The van der Waals surface area contributed by atoms with Crippen molar-refractivity contribution in [1.29, 1.82) is 0 Å². The highest BCUT2D eigenvalue weighted by Gasteiger charge is 2.26. The van der Waals surface area contributed by atoms with Crippen LogP contribution in [-0.4, -0.2) is 17.8 Å². The van der Waals surface area contributed by atoms with Crippen molar-refractivity contribution in [1.82, 2.24) is 0 Å². The predicted octanol–water partition coefficient (Wildman–Crippen LogP) is 1.39. The van der Waals surface area contributed by atoms with Crippen molar-refractivity contribution in [2.45, 2.75) is 19.3 Å². The van der Waals surface area contributed by atoms with Gasteiger partial charge in [0.25, 0.3) is 0 Å². The molecule has 1 aliphatic heterocycles. The second-order valence-electron chi connectivity index (χ2n) is 5.27. The molecule has 120 valence electrons. The fourth-order valence-electron chi connectivity index (χ4n) is 2.55. The van der Waals surface area contributed by atoms with E-state index in [1.54, 1.807) is 25.1 Å². The molecule has 1 amide bonds. The average Bonchev–Trinajstić information content (AvgIpc) is 2.96. The van der Waals surface area contributed by atoms with Crippen molar-refractivity contribution in [2.24, 2.45) is 5.73 Å². The van der Waals surface area contributed by atoms with Gasteiger partial charge in [-0.15, -0.1) is 0 Å². The molecule has 23 heavy (non-hydrogen) atoms. The van der Waals surface area contributed by atoms with Crippen LogP contribution in [0.4, 0.5) is 0 Å². The van der Waals surface area contributed by atoms with Crippen LogP contribution in [0, 0.1) is 6.92 Å².